The van der Waals surface area contributed by atoms with Gasteiger partial charge >= 0.3 is 0 Å². The Morgan fingerprint density at radius 1 is 0.909 bits per heavy atom. The first-order valence-corrected chi connectivity index (χ1v) is 9.43. The minimum atomic E-state index is -0.919. The first kappa shape index (κ1) is 16.8. The minimum absolute atomic E-state index is 0.105. The molecule has 0 bridgehead atoms. The highest BCUT2D eigenvalue weighted by Crippen LogP contribution is 2.33. The van der Waals surface area contributed by atoms with Crippen molar-refractivity contribution in [1.29, 1.82) is 21.3 Å². The summed E-state index contributed by atoms with van der Waals surface area (Å²) >= 11 is 5.32. The smallest absolute Gasteiger partial charge is 0.116 e. The molecule has 2 aromatic heterocycles. The van der Waals surface area contributed by atoms with Crippen LogP contribution in [0.2, 0.25) is 0 Å². The van der Waals surface area contributed by atoms with Gasteiger partial charge in [0.05, 0.1) is 30.6 Å². The topological polar surface area (TPSA) is 95.3 Å². The summed E-state index contributed by atoms with van der Waals surface area (Å²) in [5, 5.41) is 38.9. The molecule has 0 aliphatic rings. The molecule has 2 N–H and O–H groups in total. The highest BCUT2D eigenvalue weighted by atomic mass is 32.2. The van der Waals surface area contributed by atoms with Crippen LogP contribution in [0.4, 0.5) is 0 Å². The first-order chi connectivity index (χ1) is 10.7. The third-order valence-corrected chi connectivity index (χ3v) is 6.61. The van der Waals surface area contributed by atoms with Gasteiger partial charge in [0.25, 0.3) is 0 Å². The summed E-state index contributed by atoms with van der Waals surface area (Å²) in [5.74, 6) is -1.84. The summed E-state index contributed by atoms with van der Waals surface area (Å²) < 4.78 is 1.80. The quantitative estimate of drug-likeness (QED) is 0.448. The predicted octanol–water partition coefficient (Wildman–Crippen LogP) is 4.93. The van der Waals surface area contributed by atoms with Gasteiger partial charge in [0, 0.05) is 0 Å². The number of nitrogens with zero attached hydrogens (tertiary/aromatic N) is 2. The maximum atomic E-state index is 9.35. The number of hydrogen-bond donors (Lipinski definition) is 2. The predicted molar refractivity (Wildman–Crippen MR) is 94.0 cm³/mol. The third kappa shape index (κ3) is 4.21. The fraction of sp³-hybridized carbons (Fsp3) is 0.143. The molecule has 0 aliphatic heterocycles. The summed E-state index contributed by atoms with van der Waals surface area (Å²) in [7, 11) is 0. The second kappa shape index (κ2) is 8.16. The van der Waals surface area contributed by atoms with Crippen molar-refractivity contribution in [3.05, 3.63) is 35.0 Å². The van der Waals surface area contributed by atoms with Gasteiger partial charge in [-0.05, 0) is 22.9 Å². The van der Waals surface area contributed by atoms with Gasteiger partial charge in [-0.3, -0.25) is 10.8 Å². The van der Waals surface area contributed by atoms with E-state index in [9.17, 15) is 10.5 Å². The fourth-order valence-electron chi connectivity index (χ4n) is 1.56. The van der Waals surface area contributed by atoms with Crippen molar-refractivity contribution in [2.24, 2.45) is 11.8 Å². The maximum absolute atomic E-state index is 9.35. The Morgan fingerprint density at radius 3 is 1.59 bits per heavy atom. The van der Waals surface area contributed by atoms with E-state index in [0.717, 1.165) is 8.42 Å². The average Bonchev–Trinajstić information content (AvgIpc) is 3.17. The Hall–Kier alpha value is -1.58. The third-order valence-electron chi connectivity index (χ3n) is 2.59. The second-order valence-corrected chi connectivity index (χ2v) is 8.59. The molecule has 2 unspecified atom stereocenters. The highest BCUT2D eigenvalue weighted by Gasteiger charge is 2.30. The number of thiophene rings is 2. The lowest BCUT2D eigenvalue weighted by atomic mass is 9.97. The summed E-state index contributed by atoms with van der Waals surface area (Å²) in [6, 6.07) is 11.5. The van der Waals surface area contributed by atoms with Gasteiger partial charge in [0.15, 0.2) is 0 Å². The van der Waals surface area contributed by atoms with E-state index in [1.807, 2.05) is 47.2 Å². The molecule has 8 heteroatoms. The lowest BCUT2D eigenvalue weighted by Crippen LogP contribution is -2.24. The Balaban J connectivity index is 2.09. The molecule has 2 atom stereocenters. The van der Waals surface area contributed by atoms with Crippen molar-refractivity contribution in [2.75, 3.05) is 0 Å². The maximum Gasteiger partial charge on any atom is 0.116 e. The summed E-state index contributed by atoms with van der Waals surface area (Å²) in [6.45, 7) is 0. The number of rotatable bonds is 5. The molecule has 0 saturated heterocycles. The van der Waals surface area contributed by atoms with Crippen LogP contribution >= 0.6 is 46.2 Å². The van der Waals surface area contributed by atoms with Gasteiger partial charge in [-0.25, -0.2) is 0 Å². The molecule has 110 valence electrons. The van der Waals surface area contributed by atoms with E-state index in [1.54, 1.807) is 0 Å². The van der Waals surface area contributed by atoms with Gasteiger partial charge in [-0.1, -0.05) is 35.7 Å². The molecular weight excluding hydrogens is 352 g/mol. The first-order valence-electron chi connectivity index (χ1n) is 6.04. The summed E-state index contributed by atoms with van der Waals surface area (Å²) in [5.41, 5.74) is 0. The van der Waals surface area contributed by atoms with Crippen molar-refractivity contribution in [3.8, 4) is 12.1 Å². The standard InChI is InChI=1S/C14H10N4S4/c15-7-9(13(17)21-11-3-1-5-19-11)10(8-16)14(18)22-12-4-2-6-20-12/h1-6,9-10,17-18H. The van der Waals surface area contributed by atoms with E-state index in [4.69, 9.17) is 10.8 Å². The van der Waals surface area contributed by atoms with Crippen LogP contribution in [0.3, 0.4) is 0 Å². The molecule has 2 heterocycles. The zero-order chi connectivity index (χ0) is 15.9. The molecule has 0 aromatic carbocycles. The fourth-order valence-corrected chi connectivity index (χ4v) is 5.07. The van der Waals surface area contributed by atoms with Gasteiger partial charge in [0.2, 0.25) is 0 Å². The van der Waals surface area contributed by atoms with Crippen LogP contribution in [0.25, 0.3) is 0 Å². The van der Waals surface area contributed by atoms with Crippen LogP contribution in [-0.2, 0) is 0 Å². The largest absolute Gasteiger partial charge is 0.297 e. The minimum Gasteiger partial charge on any atom is -0.297 e. The number of nitriles is 2. The Bertz CT molecular complexity index is 658. The zero-order valence-corrected chi connectivity index (χ0v) is 14.4. The molecule has 2 rings (SSSR count). The van der Waals surface area contributed by atoms with Crippen LogP contribution in [-0.4, -0.2) is 10.1 Å². The Labute approximate surface area is 144 Å². The van der Waals surface area contributed by atoms with Crippen molar-refractivity contribution >= 4 is 56.3 Å². The molecule has 0 fully saturated rings. The molecule has 0 radical (unpaired) electrons. The van der Waals surface area contributed by atoms with Gasteiger partial charge in [-0.2, -0.15) is 10.5 Å². The van der Waals surface area contributed by atoms with Gasteiger partial charge < -0.3 is 0 Å². The molecule has 4 nitrogen and oxygen atoms in total. The molecular formula is C14H10N4S4. The van der Waals surface area contributed by atoms with Crippen molar-refractivity contribution in [2.45, 2.75) is 8.42 Å². The van der Waals surface area contributed by atoms with E-state index < -0.39 is 11.8 Å². The van der Waals surface area contributed by atoms with Crippen LogP contribution in [0.1, 0.15) is 0 Å². The van der Waals surface area contributed by atoms with Gasteiger partial charge in [0.1, 0.15) is 11.8 Å². The van der Waals surface area contributed by atoms with E-state index in [-0.39, 0.29) is 10.1 Å². The van der Waals surface area contributed by atoms with E-state index in [0.29, 0.717) is 0 Å². The highest BCUT2D eigenvalue weighted by molar-refractivity contribution is 8.15. The Morgan fingerprint density at radius 2 is 1.32 bits per heavy atom. The lowest BCUT2D eigenvalue weighted by molar-refractivity contribution is 0.788. The summed E-state index contributed by atoms with van der Waals surface area (Å²) in [4.78, 5) is 0. The van der Waals surface area contributed by atoms with Crippen molar-refractivity contribution < 1.29 is 0 Å². The van der Waals surface area contributed by atoms with Crippen LogP contribution in [0.5, 0.6) is 0 Å². The van der Waals surface area contributed by atoms with E-state index >= 15 is 0 Å². The number of thioether (sulfide) groups is 2. The van der Waals surface area contributed by atoms with Crippen LogP contribution in [0.15, 0.2) is 43.4 Å². The lowest BCUT2D eigenvalue weighted by Gasteiger charge is -2.15. The zero-order valence-electron chi connectivity index (χ0n) is 11.1. The SMILES string of the molecule is N#CC(C(=N)Sc1cccs1)C(C#N)C(=N)Sc1cccs1. The number of nitrogens with one attached hydrogen (secondary N) is 2. The molecule has 0 aliphatic carbocycles. The number of hydrogen-bond acceptors (Lipinski definition) is 8. The van der Waals surface area contributed by atoms with Crippen LogP contribution in [0, 0.1) is 45.3 Å². The van der Waals surface area contributed by atoms with Crippen molar-refractivity contribution in [1.82, 2.24) is 0 Å². The average molecular weight is 363 g/mol. The molecule has 2 aromatic rings. The van der Waals surface area contributed by atoms with E-state index in [2.05, 4.69) is 0 Å². The van der Waals surface area contributed by atoms with Gasteiger partial charge in [-0.15, -0.1) is 22.7 Å². The van der Waals surface area contributed by atoms with Crippen molar-refractivity contribution in [3.63, 3.8) is 0 Å². The molecule has 0 amide bonds. The normalized spacial score (nSPS) is 12.8. The molecule has 0 saturated carbocycles. The monoisotopic (exact) mass is 362 g/mol. The van der Waals surface area contributed by atoms with E-state index in [1.165, 1.54) is 46.2 Å². The van der Waals surface area contributed by atoms with Crippen LogP contribution < -0.4 is 0 Å². The summed E-state index contributed by atoms with van der Waals surface area (Å²) in [6.07, 6.45) is 0. The Kier molecular flexibility index (Phi) is 6.22. The molecule has 0 spiro atoms. The molecule has 22 heavy (non-hydrogen) atoms. The second-order valence-electron chi connectivity index (χ2n) is 4.01.